The van der Waals surface area contributed by atoms with Crippen LogP contribution in [0.5, 0.6) is 0 Å². The molecule has 1 aromatic carbocycles. The molecular formula is C24H23ClF4N6O. The molecule has 12 heteroatoms. The molecule has 0 unspecified atom stereocenters. The van der Waals surface area contributed by atoms with E-state index >= 15 is 4.39 Å². The van der Waals surface area contributed by atoms with Gasteiger partial charge in [-0.25, -0.2) is 9.37 Å². The lowest BCUT2D eigenvalue weighted by atomic mass is 9.80. The molecule has 3 N–H and O–H groups in total. The Morgan fingerprint density at radius 2 is 2.03 bits per heavy atom. The number of benzene rings is 1. The number of hydrogen-bond acceptors (Lipinski definition) is 5. The molecule has 2 atom stereocenters. The molecule has 0 saturated heterocycles. The number of nitrogens with zero attached hydrogens (tertiary/aromatic N) is 4. The molecular weight excluding hydrogens is 500 g/mol. The van der Waals surface area contributed by atoms with Gasteiger partial charge in [0.1, 0.15) is 17.3 Å². The van der Waals surface area contributed by atoms with Gasteiger partial charge in [-0.3, -0.25) is 9.48 Å². The fraction of sp³-hybridized carbons (Fsp3) is 0.375. The number of alkyl halides is 3. The second-order valence-electron chi connectivity index (χ2n) is 9.49. The van der Waals surface area contributed by atoms with Crippen molar-refractivity contribution in [3.63, 3.8) is 0 Å². The average molecular weight is 523 g/mol. The van der Waals surface area contributed by atoms with E-state index in [2.05, 4.69) is 15.4 Å². The van der Waals surface area contributed by atoms with Crippen LogP contribution in [0.2, 0.25) is 5.02 Å². The maximum atomic E-state index is 15.6. The van der Waals surface area contributed by atoms with Crippen LogP contribution in [0.25, 0.3) is 11.1 Å². The number of amides is 1. The fourth-order valence-electron chi connectivity index (χ4n) is 5.40. The maximum Gasteiger partial charge on any atom is 0.433 e. The van der Waals surface area contributed by atoms with Gasteiger partial charge in [0.15, 0.2) is 0 Å². The number of hydrogen-bond donors (Lipinski definition) is 2. The molecule has 1 aliphatic heterocycles. The van der Waals surface area contributed by atoms with Gasteiger partial charge in [0.05, 0.1) is 16.6 Å². The van der Waals surface area contributed by atoms with Crippen molar-refractivity contribution in [3.05, 3.63) is 58.3 Å². The van der Waals surface area contributed by atoms with Gasteiger partial charge < -0.3 is 16.0 Å². The first-order valence-corrected chi connectivity index (χ1v) is 11.7. The van der Waals surface area contributed by atoms with Gasteiger partial charge in [-0.1, -0.05) is 11.6 Å². The van der Waals surface area contributed by atoms with E-state index in [0.717, 1.165) is 16.9 Å². The van der Waals surface area contributed by atoms with E-state index in [-0.39, 0.29) is 27.4 Å². The van der Waals surface area contributed by atoms with Crippen LogP contribution in [0, 0.1) is 5.82 Å². The van der Waals surface area contributed by atoms with Crippen LogP contribution in [0.3, 0.4) is 0 Å². The first kappa shape index (κ1) is 24.4. The summed E-state index contributed by atoms with van der Waals surface area (Å²) in [7, 11) is 2.99. The highest BCUT2D eigenvalue weighted by Crippen LogP contribution is 2.55. The van der Waals surface area contributed by atoms with E-state index in [1.54, 1.807) is 0 Å². The second kappa shape index (κ2) is 8.36. The van der Waals surface area contributed by atoms with Crippen molar-refractivity contribution in [2.45, 2.75) is 36.9 Å². The van der Waals surface area contributed by atoms with Crippen molar-refractivity contribution < 1.29 is 22.4 Å². The number of carbonyl (C=O) groups excluding carboxylic acids is 1. The van der Waals surface area contributed by atoms with Crippen molar-refractivity contribution >= 4 is 29.0 Å². The highest BCUT2D eigenvalue weighted by atomic mass is 35.5. The standard InChI is InChI=1S/C24H23ClF4N6O/c1-34(2)22(36)17-15(30)4-3-13(20(17)26)14-10-31-21-18(19(14)25)23(11-32-21)7-5-12(9-23)35-16(6-8-33-35)24(27,28)29/h3-4,6,8,10,12H,5,7,9,11,30H2,1-2H3,(H,31,32)/t12-,23-/m1/s1. The van der Waals surface area contributed by atoms with Gasteiger partial charge in [0, 0.05) is 60.8 Å². The van der Waals surface area contributed by atoms with Crippen LogP contribution in [0.15, 0.2) is 30.6 Å². The van der Waals surface area contributed by atoms with Crippen molar-refractivity contribution in [1.29, 1.82) is 0 Å². The third-order valence-electron chi connectivity index (χ3n) is 7.11. The maximum absolute atomic E-state index is 15.6. The number of fused-ring (bicyclic) bond motifs is 2. The molecule has 3 aromatic rings. The van der Waals surface area contributed by atoms with E-state index in [1.807, 2.05) is 0 Å². The van der Waals surface area contributed by atoms with Crippen molar-refractivity contribution in [3.8, 4) is 11.1 Å². The molecule has 3 heterocycles. The Kier molecular flexibility index (Phi) is 5.66. The molecule has 1 amide bonds. The van der Waals surface area contributed by atoms with Gasteiger partial charge in [-0.15, -0.1) is 0 Å². The molecule has 2 aliphatic rings. The van der Waals surface area contributed by atoms with Gasteiger partial charge in [-0.05, 0) is 37.5 Å². The van der Waals surface area contributed by atoms with Crippen LogP contribution in [0.4, 0.5) is 29.1 Å². The number of halogens is 5. The van der Waals surface area contributed by atoms with Crippen LogP contribution in [-0.2, 0) is 11.6 Å². The zero-order valence-electron chi connectivity index (χ0n) is 19.5. The minimum absolute atomic E-state index is 0.00310. The SMILES string of the molecule is CN(C)C(=O)c1c(N)ccc(-c2cnc3c(c2Cl)[C@@]2(CC[C@@H](n4nccc4C(F)(F)F)C2)CN3)c1F. The molecule has 5 rings (SSSR count). The van der Waals surface area contributed by atoms with E-state index < -0.39 is 35.1 Å². The molecule has 36 heavy (non-hydrogen) atoms. The van der Waals surface area contributed by atoms with Crippen LogP contribution >= 0.6 is 11.6 Å². The number of nitrogens with two attached hydrogens (primary N) is 1. The largest absolute Gasteiger partial charge is 0.433 e. The lowest BCUT2D eigenvalue weighted by Crippen LogP contribution is -2.27. The highest BCUT2D eigenvalue weighted by Gasteiger charge is 2.49. The molecule has 0 radical (unpaired) electrons. The quantitative estimate of drug-likeness (QED) is 0.368. The zero-order chi connectivity index (χ0) is 26.0. The minimum Gasteiger partial charge on any atom is -0.398 e. The summed E-state index contributed by atoms with van der Waals surface area (Å²) in [6.07, 6.45) is -0.570. The highest BCUT2D eigenvalue weighted by molar-refractivity contribution is 6.34. The lowest BCUT2D eigenvalue weighted by Gasteiger charge is -2.26. The summed E-state index contributed by atoms with van der Waals surface area (Å²) in [5, 5.41) is 7.41. The first-order chi connectivity index (χ1) is 16.9. The second-order valence-corrected chi connectivity index (χ2v) is 9.87. The Morgan fingerprint density at radius 3 is 2.72 bits per heavy atom. The summed E-state index contributed by atoms with van der Waals surface area (Å²) in [4.78, 5) is 18.2. The summed E-state index contributed by atoms with van der Waals surface area (Å²) < 4.78 is 57.1. The molecule has 0 bridgehead atoms. The summed E-state index contributed by atoms with van der Waals surface area (Å²) >= 11 is 6.87. The molecule has 1 fully saturated rings. The number of carbonyl (C=O) groups is 1. The van der Waals surface area contributed by atoms with E-state index in [9.17, 15) is 18.0 Å². The lowest BCUT2D eigenvalue weighted by molar-refractivity contribution is -0.145. The number of nitrogens with one attached hydrogen (secondary N) is 1. The molecule has 190 valence electrons. The number of aromatic nitrogens is 3. The Hall–Kier alpha value is -3.34. The van der Waals surface area contributed by atoms with Gasteiger partial charge in [0.2, 0.25) is 0 Å². The fourth-order valence-corrected chi connectivity index (χ4v) is 5.84. The third kappa shape index (κ3) is 3.68. The first-order valence-electron chi connectivity index (χ1n) is 11.3. The molecule has 7 nitrogen and oxygen atoms in total. The topological polar surface area (TPSA) is 89.1 Å². The van der Waals surface area contributed by atoms with Crippen molar-refractivity contribution in [2.24, 2.45) is 0 Å². The van der Waals surface area contributed by atoms with E-state index in [4.69, 9.17) is 17.3 Å². The predicted octanol–water partition coefficient (Wildman–Crippen LogP) is 5.13. The zero-order valence-corrected chi connectivity index (χ0v) is 20.2. The summed E-state index contributed by atoms with van der Waals surface area (Å²) in [6.45, 7) is 0.437. The average Bonchev–Trinajstić information content (AvgIpc) is 3.54. The Bertz CT molecular complexity index is 1370. The summed E-state index contributed by atoms with van der Waals surface area (Å²) in [6, 6.07) is 3.36. The Morgan fingerprint density at radius 1 is 1.28 bits per heavy atom. The number of nitrogen functional groups attached to an aromatic ring is 1. The normalized spacial score (nSPS) is 21.0. The van der Waals surface area contributed by atoms with Crippen LogP contribution in [-0.4, -0.2) is 46.2 Å². The minimum atomic E-state index is -4.52. The van der Waals surface area contributed by atoms with E-state index in [1.165, 1.54) is 37.3 Å². The smallest absolute Gasteiger partial charge is 0.398 e. The van der Waals surface area contributed by atoms with Gasteiger partial charge >= 0.3 is 6.18 Å². The predicted molar refractivity (Wildman–Crippen MR) is 127 cm³/mol. The number of anilines is 2. The third-order valence-corrected chi connectivity index (χ3v) is 7.51. The van der Waals surface area contributed by atoms with Crippen molar-refractivity contribution in [2.75, 3.05) is 31.7 Å². The van der Waals surface area contributed by atoms with E-state index in [0.29, 0.717) is 37.2 Å². The molecule has 1 spiro atoms. The monoisotopic (exact) mass is 522 g/mol. The van der Waals surface area contributed by atoms with Gasteiger partial charge in [-0.2, -0.15) is 18.3 Å². The molecule has 1 aliphatic carbocycles. The van der Waals surface area contributed by atoms with Gasteiger partial charge in [0.25, 0.3) is 5.91 Å². The molecule has 1 saturated carbocycles. The number of pyridine rings is 1. The van der Waals surface area contributed by atoms with Crippen molar-refractivity contribution in [1.82, 2.24) is 19.7 Å². The van der Waals surface area contributed by atoms with Crippen LogP contribution < -0.4 is 11.1 Å². The number of rotatable bonds is 3. The Balaban J connectivity index is 1.57. The Labute approximate surface area is 209 Å². The summed E-state index contributed by atoms with van der Waals surface area (Å²) in [5.41, 5.74) is 5.23. The van der Waals surface area contributed by atoms with Crippen LogP contribution in [0.1, 0.15) is 46.9 Å². The summed E-state index contributed by atoms with van der Waals surface area (Å²) in [5.74, 6) is -0.886. The molecule has 2 aromatic heterocycles.